The first-order valence-electron chi connectivity index (χ1n) is 28.7. The zero-order valence-corrected chi connectivity index (χ0v) is 41.9. The molecular formula is C58H118. The van der Waals surface area contributed by atoms with Gasteiger partial charge in [0.1, 0.15) is 0 Å². The van der Waals surface area contributed by atoms with E-state index in [0.29, 0.717) is 0 Å². The maximum atomic E-state index is 2.55. The van der Waals surface area contributed by atoms with Crippen molar-refractivity contribution in [1.29, 1.82) is 0 Å². The van der Waals surface area contributed by atoms with E-state index in [9.17, 15) is 0 Å². The average molecular weight is 816 g/mol. The fourth-order valence-corrected chi connectivity index (χ4v) is 9.98. The first-order chi connectivity index (χ1) is 28.7. The second kappa shape index (κ2) is 53.1. The average Bonchev–Trinajstić information content (AvgIpc) is 3.23. The predicted octanol–water partition coefficient (Wildman–Crippen LogP) is 22.6. The standard InChI is InChI=1S/C58H118/c1-5-8-11-14-17-20-23-26-28-29-30-32-35-38-41-44-50-55-58(54-49-43-40-37-34-31-27-24-21-18-15-12-9-6-2)56-51-46-45-48-53-57(4)52-47-42-39-36-33-25-22-19-16-13-10-7-3/h57-58H,5-56H2,1-4H3. The number of hydrogen-bond donors (Lipinski definition) is 0. The highest BCUT2D eigenvalue weighted by Crippen LogP contribution is 2.26. The third-order valence-corrected chi connectivity index (χ3v) is 14.3. The van der Waals surface area contributed by atoms with Crippen LogP contribution in [-0.4, -0.2) is 0 Å². The number of unbranched alkanes of at least 4 members (excludes halogenated alkanes) is 43. The fourth-order valence-electron chi connectivity index (χ4n) is 9.98. The molecule has 0 saturated heterocycles. The molecule has 0 saturated carbocycles. The molecule has 2 unspecified atom stereocenters. The van der Waals surface area contributed by atoms with Crippen LogP contribution in [0.25, 0.3) is 0 Å². The summed E-state index contributed by atoms with van der Waals surface area (Å²) in [6.45, 7) is 9.51. The Balaban J connectivity index is 4.02. The number of hydrogen-bond acceptors (Lipinski definition) is 0. The van der Waals surface area contributed by atoms with Crippen molar-refractivity contribution in [2.75, 3.05) is 0 Å². The molecular weight excluding hydrogens is 697 g/mol. The summed E-state index contributed by atoms with van der Waals surface area (Å²) in [5.74, 6) is 1.98. The highest BCUT2D eigenvalue weighted by Gasteiger charge is 2.10. The molecule has 58 heavy (non-hydrogen) atoms. The maximum Gasteiger partial charge on any atom is -0.0414 e. The Morgan fingerprint density at radius 2 is 0.310 bits per heavy atom. The predicted molar refractivity (Wildman–Crippen MR) is 270 cm³/mol. The molecule has 0 rings (SSSR count). The Kier molecular flexibility index (Phi) is 53.1. The summed E-state index contributed by atoms with van der Waals surface area (Å²) in [7, 11) is 0. The van der Waals surface area contributed by atoms with E-state index in [1.165, 1.54) is 334 Å². The molecule has 0 aromatic heterocycles. The molecule has 0 aliphatic carbocycles. The van der Waals surface area contributed by atoms with Crippen LogP contribution in [0.15, 0.2) is 0 Å². The molecule has 0 fully saturated rings. The van der Waals surface area contributed by atoms with Crippen LogP contribution in [0.2, 0.25) is 0 Å². The maximum absolute atomic E-state index is 2.55. The lowest BCUT2D eigenvalue weighted by Gasteiger charge is -2.17. The van der Waals surface area contributed by atoms with Gasteiger partial charge in [0.25, 0.3) is 0 Å². The minimum Gasteiger partial charge on any atom is -0.0654 e. The molecule has 0 radical (unpaired) electrons. The zero-order valence-electron chi connectivity index (χ0n) is 41.9. The van der Waals surface area contributed by atoms with Crippen molar-refractivity contribution in [2.24, 2.45) is 11.8 Å². The SMILES string of the molecule is CCCCCCCCCCCCCCCCCCCC(CCCCCCCCCCCCCCCC)CCCCCCC(C)CCCCCCCCCCCCCC. The van der Waals surface area contributed by atoms with Gasteiger partial charge in [-0.2, -0.15) is 0 Å². The largest absolute Gasteiger partial charge is 0.0654 e. The Morgan fingerprint density at radius 3 is 0.483 bits per heavy atom. The van der Waals surface area contributed by atoms with Crippen molar-refractivity contribution in [3.05, 3.63) is 0 Å². The molecule has 0 spiro atoms. The molecule has 2 atom stereocenters. The molecule has 0 aliphatic rings. The van der Waals surface area contributed by atoms with Crippen LogP contribution < -0.4 is 0 Å². The lowest BCUT2D eigenvalue weighted by molar-refractivity contribution is 0.362. The van der Waals surface area contributed by atoms with Crippen LogP contribution in [0.5, 0.6) is 0 Å². The molecule has 0 aromatic rings. The Labute approximate surface area is 372 Å². The minimum atomic E-state index is 0.955. The van der Waals surface area contributed by atoms with Crippen LogP contribution in [0.4, 0.5) is 0 Å². The van der Waals surface area contributed by atoms with E-state index in [4.69, 9.17) is 0 Å². The van der Waals surface area contributed by atoms with Crippen molar-refractivity contribution in [3.8, 4) is 0 Å². The van der Waals surface area contributed by atoms with E-state index in [1.54, 1.807) is 0 Å². The fraction of sp³-hybridized carbons (Fsp3) is 1.00. The van der Waals surface area contributed by atoms with Gasteiger partial charge < -0.3 is 0 Å². The quantitative estimate of drug-likeness (QED) is 0.0537. The molecule has 0 nitrogen and oxygen atoms in total. The van der Waals surface area contributed by atoms with Crippen molar-refractivity contribution in [1.82, 2.24) is 0 Å². The summed E-state index contributed by atoms with van der Waals surface area (Å²) in [6.07, 6.45) is 77.2. The van der Waals surface area contributed by atoms with Crippen molar-refractivity contribution in [2.45, 2.75) is 362 Å². The lowest BCUT2D eigenvalue weighted by Crippen LogP contribution is -2.02. The van der Waals surface area contributed by atoms with Gasteiger partial charge in [0.2, 0.25) is 0 Å². The summed E-state index contributed by atoms with van der Waals surface area (Å²) >= 11 is 0. The van der Waals surface area contributed by atoms with Gasteiger partial charge in [0.05, 0.1) is 0 Å². The van der Waals surface area contributed by atoms with E-state index in [-0.39, 0.29) is 0 Å². The Bertz CT molecular complexity index is 680. The van der Waals surface area contributed by atoms with E-state index in [2.05, 4.69) is 27.7 Å². The summed E-state index contributed by atoms with van der Waals surface area (Å²) in [5.41, 5.74) is 0. The van der Waals surface area contributed by atoms with Crippen molar-refractivity contribution >= 4 is 0 Å². The zero-order chi connectivity index (χ0) is 41.9. The number of rotatable bonds is 53. The second-order valence-electron chi connectivity index (χ2n) is 20.5. The van der Waals surface area contributed by atoms with E-state index in [0.717, 1.165) is 11.8 Å². The highest BCUT2D eigenvalue weighted by molar-refractivity contribution is 4.63. The van der Waals surface area contributed by atoms with Crippen LogP contribution in [-0.2, 0) is 0 Å². The Morgan fingerprint density at radius 1 is 0.172 bits per heavy atom. The summed E-state index contributed by atoms with van der Waals surface area (Å²) in [4.78, 5) is 0. The van der Waals surface area contributed by atoms with Gasteiger partial charge in [-0.1, -0.05) is 362 Å². The normalized spacial score (nSPS) is 12.8. The van der Waals surface area contributed by atoms with Gasteiger partial charge in [-0.15, -0.1) is 0 Å². The van der Waals surface area contributed by atoms with Gasteiger partial charge in [-0.05, 0) is 11.8 Å². The van der Waals surface area contributed by atoms with Gasteiger partial charge in [-0.3, -0.25) is 0 Å². The van der Waals surface area contributed by atoms with Crippen LogP contribution in [0.3, 0.4) is 0 Å². The van der Waals surface area contributed by atoms with Gasteiger partial charge >= 0.3 is 0 Å². The lowest BCUT2D eigenvalue weighted by atomic mass is 9.89. The second-order valence-corrected chi connectivity index (χ2v) is 20.5. The molecule has 0 heteroatoms. The van der Waals surface area contributed by atoms with E-state index >= 15 is 0 Å². The van der Waals surface area contributed by atoms with Gasteiger partial charge in [-0.25, -0.2) is 0 Å². The van der Waals surface area contributed by atoms with Gasteiger partial charge in [0.15, 0.2) is 0 Å². The van der Waals surface area contributed by atoms with Crippen LogP contribution in [0, 0.1) is 11.8 Å². The summed E-state index contributed by atoms with van der Waals surface area (Å²) in [5, 5.41) is 0. The summed E-state index contributed by atoms with van der Waals surface area (Å²) < 4.78 is 0. The molecule has 0 heterocycles. The van der Waals surface area contributed by atoms with Crippen LogP contribution >= 0.6 is 0 Å². The van der Waals surface area contributed by atoms with Crippen molar-refractivity contribution in [3.63, 3.8) is 0 Å². The monoisotopic (exact) mass is 815 g/mol. The van der Waals surface area contributed by atoms with Crippen molar-refractivity contribution < 1.29 is 0 Å². The topological polar surface area (TPSA) is 0 Å². The molecule has 0 aromatic carbocycles. The Hall–Kier alpha value is 0. The molecule has 350 valence electrons. The van der Waals surface area contributed by atoms with Crippen LogP contribution in [0.1, 0.15) is 362 Å². The minimum absolute atomic E-state index is 0.955. The molecule has 0 amide bonds. The summed E-state index contributed by atoms with van der Waals surface area (Å²) in [6, 6.07) is 0. The van der Waals surface area contributed by atoms with E-state index < -0.39 is 0 Å². The molecule has 0 aliphatic heterocycles. The smallest absolute Gasteiger partial charge is 0.0414 e. The molecule has 0 bridgehead atoms. The highest BCUT2D eigenvalue weighted by atomic mass is 14.2. The van der Waals surface area contributed by atoms with E-state index in [1.807, 2.05) is 0 Å². The first kappa shape index (κ1) is 58.0. The van der Waals surface area contributed by atoms with Gasteiger partial charge in [0, 0.05) is 0 Å². The third-order valence-electron chi connectivity index (χ3n) is 14.3. The third kappa shape index (κ3) is 50.4. The first-order valence-corrected chi connectivity index (χ1v) is 28.7. The molecule has 0 N–H and O–H groups in total.